The van der Waals surface area contributed by atoms with E-state index in [0.717, 1.165) is 51.1 Å². The van der Waals surface area contributed by atoms with Crippen LogP contribution in [0.3, 0.4) is 0 Å². The van der Waals surface area contributed by atoms with Crippen molar-refractivity contribution in [2.75, 3.05) is 44.3 Å². The summed E-state index contributed by atoms with van der Waals surface area (Å²) in [5.41, 5.74) is 1.76. The number of carbonyl (C=O) groups is 1. The van der Waals surface area contributed by atoms with Gasteiger partial charge in [-0.25, -0.2) is 4.79 Å². The second-order valence-electron chi connectivity index (χ2n) is 11.8. The fourth-order valence-corrected chi connectivity index (χ4v) is 7.31. The molecule has 1 spiro atoms. The predicted octanol–water partition coefficient (Wildman–Crippen LogP) is 4.27. The minimum Gasteiger partial charge on any atom is -0.393 e. The van der Waals surface area contributed by atoms with Crippen molar-refractivity contribution in [2.24, 2.45) is 16.4 Å². The fraction of sp³-hybridized carbons (Fsp3) is 0.679. The second-order valence-corrected chi connectivity index (χ2v) is 12.2. The number of nitrogens with zero attached hydrogens (tertiary/aromatic N) is 6. The molecular weight excluding hydrogens is 488 g/mol. The highest BCUT2D eigenvalue weighted by Crippen LogP contribution is 2.44. The number of urea groups is 1. The van der Waals surface area contributed by atoms with Crippen LogP contribution in [0.1, 0.15) is 63.4 Å². The van der Waals surface area contributed by atoms with Crippen LogP contribution in [-0.2, 0) is 0 Å². The lowest BCUT2D eigenvalue weighted by Crippen LogP contribution is -2.63. The minimum atomic E-state index is -0.258. The summed E-state index contributed by atoms with van der Waals surface area (Å²) in [7, 11) is 0. The lowest BCUT2D eigenvalue weighted by molar-refractivity contribution is -0.00435. The molecule has 37 heavy (non-hydrogen) atoms. The van der Waals surface area contributed by atoms with Crippen molar-refractivity contribution in [3.8, 4) is 6.07 Å². The molecule has 4 aliphatic heterocycles. The van der Waals surface area contributed by atoms with Gasteiger partial charge in [0.25, 0.3) is 0 Å². The highest BCUT2D eigenvalue weighted by atomic mass is 35.5. The Morgan fingerprint density at radius 2 is 1.73 bits per heavy atom. The van der Waals surface area contributed by atoms with Gasteiger partial charge in [0.15, 0.2) is 0 Å². The summed E-state index contributed by atoms with van der Waals surface area (Å²) in [5, 5.41) is 26.8. The van der Waals surface area contributed by atoms with Crippen molar-refractivity contribution in [3.63, 3.8) is 0 Å². The van der Waals surface area contributed by atoms with Crippen LogP contribution in [0.4, 0.5) is 10.5 Å². The van der Waals surface area contributed by atoms with Crippen LogP contribution in [-0.4, -0.2) is 83.1 Å². The molecule has 0 unspecified atom stereocenters. The number of carbonyl (C=O) groups excluding carboxylic acids is 1. The molecule has 1 aromatic carbocycles. The van der Waals surface area contributed by atoms with Crippen molar-refractivity contribution in [1.29, 1.82) is 5.26 Å². The van der Waals surface area contributed by atoms with Crippen molar-refractivity contribution in [2.45, 2.75) is 69.9 Å². The van der Waals surface area contributed by atoms with Crippen LogP contribution >= 0.6 is 11.6 Å². The van der Waals surface area contributed by atoms with Gasteiger partial charge >= 0.3 is 6.03 Å². The van der Waals surface area contributed by atoms with Gasteiger partial charge in [-0.15, -0.1) is 0 Å². The largest absolute Gasteiger partial charge is 0.393 e. The summed E-state index contributed by atoms with van der Waals surface area (Å²) in [5.74, 6) is 1.81. The molecular formula is C28H37ClN6O2. The number of nitriles is 1. The van der Waals surface area contributed by atoms with Crippen molar-refractivity contribution in [1.82, 2.24) is 14.7 Å². The molecule has 9 heteroatoms. The third-order valence-electron chi connectivity index (χ3n) is 9.46. The lowest BCUT2D eigenvalue weighted by Gasteiger charge is -2.55. The van der Waals surface area contributed by atoms with E-state index in [9.17, 15) is 15.2 Å². The van der Waals surface area contributed by atoms with Gasteiger partial charge in [-0.1, -0.05) is 24.4 Å². The average molecular weight is 525 g/mol. The van der Waals surface area contributed by atoms with Crippen LogP contribution in [0.15, 0.2) is 23.3 Å². The van der Waals surface area contributed by atoms with E-state index < -0.39 is 0 Å². The molecule has 6 rings (SSSR count). The van der Waals surface area contributed by atoms with Crippen LogP contribution in [0, 0.1) is 22.7 Å². The Hall–Kier alpha value is -2.50. The summed E-state index contributed by atoms with van der Waals surface area (Å²) in [6.07, 6.45) is 9.24. The number of aliphatic hydroxyl groups excluding tert-OH is 1. The molecule has 8 nitrogen and oxygen atoms in total. The molecule has 0 radical (unpaired) electrons. The molecule has 198 valence electrons. The summed E-state index contributed by atoms with van der Waals surface area (Å²) in [6.45, 7) is 5.00. The predicted molar refractivity (Wildman–Crippen MR) is 143 cm³/mol. The van der Waals surface area contributed by atoms with Gasteiger partial charge in [-0.2, -0.15) is 10.4 Å². The molecule has 1 aliphatic carbocycles. The maximum Gasteiger partial charge on any atom is 0.320 e. The SMILES string of the molecule is N#Cc1ccc(N2N=C(N3CC4(CCN(C(=O)N5CCC(O)CC5)CC4)C3)C[C@@H]2C2CCCC2)cc1Cl. The molecule has 3 saturated heterocycles. The third-order valence-corrected chi connectivity index (χ3v) is 9.77. The first-order chi connectivity index (χ1) is 17.9. The number of amidine groups is 1. The van der Waals surface area contributed by atoms with E-state index in [0.29, 0.717) is 48.5 Å². The van der Waals surface area contributed by atoms with Crippen LogP contribution < -0.4 is 5.01 Å². The Kier molecular flexibility index (Phi) is 6.70. The number of piperidine rings is 2. The van der Waals surface area contributed by atoms with E-state index in [1.165, 1.54) is 31.5 Å². The molecule has 4 heterocycles. The summed E-state index contributed by atoms with van der Waals surface area (Å²) >= 11 is 6.39. The number of aliphatic hydroxyl groups is 1. The first-order valence-corrected chi connectivity index (χ1v) is 14.4. The summed E-state index contributed by atoms with van der Waals surface area (Å²) < 4.78 is 0. The number of amides is 2. The van der Waals surface area contributed by atoms with Gasteiger partial charge in [0.05, 0.1) is 28.4 Å². The normalized spacial score (nSPS) is 26.4. The van der Waals surface area contributed by atoms with Crippen LogP contribution in [0.5, 0.6) is 0 Å². The molecule has 2 amide bonds. The Morgan fingerprint density at radius 3 is 2.38 bits per heavy atom. The quantitative estimate of drug-likeness (QED) is 0.624. The molecule has 4 fully saturated rings. The zero-order chi connectivity index (χ0) is 25.6. The molecule has 1 aromatic rings. The van der Waals surface area contributed by atoms with Crippen molar-refractivity contribution < 1.29 is 9.90 Å². The van der Waals surface area contributed by atoms with E-state index in [-0.39, 0.29) is 17.6 Å². The fourth-order valence-electron chi connectivity index (χ4n) is 7.09. The summed E-state index contributed by atoms with van der Waals surface area (Å²) in [6, 6.07) is 8.32. The van der Waals surface area contributed by atoms with Crippen molar-refractivity contribution in [3.05, 3.63) is 28.8 Å². The van der Waals surface area contributed by atoms with Crippen LogP contribution in [0.2, 0.25) is 5.02 Å². The third kappa shape index (κ3) is 4.77. The smallest absolute Gasteiger partial charge is 0.320 e. The standard InChI is InChI=1S/C28H37ClN6O2/c29-24-15-22(6-5-21(24)17-30)35-25(20-3-1-2-4-20)16-26(31-35)34-18-28(19-34)9-13-33(14-10-28)27(37)32-11-7-23(36)8-12-32/h5-6,15,20,23,25,36H,1-4,7-14,16,18-19H2/t25-/m1/s1. The van der Waals surface area contributed by atoms with E-state index in [4.69, 9.17) is 16.7 Å². The highest BCUT2D eigenvalue weighted by molar-refractivity contribution is 6.32. The Balaban J connectivity index is 1.09. The number of rotatable bonds is 2. The van der Waals surface area contributed by atoms with E-state index >= 15 is 0 Å². The van der Waals surface area contributed by atoms with Gasteiger partial charge in [0, 0.05) is 51.1 Å². The van der Waals surface area contributed by atoms with Gasteiger partial charge in [0.1, 0.15) is 11.9 Å². The number of anilines is 1. The monoisotopic (exact) mass is 524 g/mol. The number of hydrogen-bond donors (Lipinski definition) is 1. The number of halogens is 1. The van der Waals surface area contributed by atoms with Gasteiger partial charge in [-0.3, -0.25) is 5.01 Å². The Morgan fingerprint density at radius 1 is 1.05 bits per heavy atom. The number of benzene rings is 1. The highest BCUT2D eigenvalue weighted by Gasteiger charge is 2.49. The second kappa shape index (κ2) is 9.99. The Labute approximate surface area is 224 Å². The number of hydrazone groups is 1. The molecule has 1 atom stereocenters. The van der Waals surface area contributed by atoms with Gasteiger partial charge in [0.2, 0.25) is 0 Å². The number of likely N-dealkylation sites (tertiary alicyclic amines) is 3. The zero-order valence-corrected chi connectivity index (χ0v) is 22.2. The zero-order valence-electron chi connectivity index (χ0n) is 21.5. The van der Waals surface area contributed by atoms with Crippen molar-refractivity contribution >= 4 is 29.2 Å². The lowest BCUT2D eigenvalue weighted by atomic mass is 9.71. The maximum atomic E-state index is 13.0. The molecule has 0 bridgehead atoms. The Bertz CT molecular complexity index is 1090. The first kappa shape index (κ1) is 24.8. The average Bonchev–Trinajstić information content (AvgIpc) is 3.58. The van der Waals surface area contributed by atoms with Gasteiger partial charge < -0.3 is 19.8 Å². The van der Waals surface area contributed by atoms with Gasteiger partial charge in [-0.05, 0) is 62.6 Å². The van der Waals surface area contributed by atoms with E-state index in [1.807, 2.05) is 21.9 Å². The summed E-state index contributed by atoms with van der Waals surface area (Å²) in [4.78, 5) is 19.3. The minimum absolute atomic E-state index is 0.147. The maximum absolute atomic E-state index is 13.0. The van der Waals surface area contributed by atoms with E-state index in [1.54, 1.807) is 6.07 Å². The molecule has 1 N–H and O–H groups in total. The molecule has 0 aromatic heterocycles. The van der Waals surface area contributed by atoms with E-state index in [2.05, 4.69) is 16.0 Å². The molecule has 1 saturated carbocycles. The first-order valence-electron chi connectivity index (χ1n) is 14.0. The number of hydrogen-bond acceptors (Lipinski definition) is 6. The van der Waals surface area contributed by atoms with Crippen LogP contribution in [0.25, 0.3) is 0 Å². The molecule has 5 aliphatic rings. The topological polar surface area (TPSA) is 86.4 Å².